The van der Waals surface area contributed by atoms with Crippen molar-refractivity contribution in [1.82, 2.24) is 4.31 Å². The maximum Gasteiger partial charge on any atom is 0.243 e. The van der Waals surface area contributed by atoms with Gasteiger partial charge in [0, 0.05) is 24.2 Å². The van der Waals surface area contributed by atoms with Crippen molar-refractivity contribution in [3.05, 3.63) is 46.4 Å². The second kappa shape index (κ2) is 5.28. The van der Waals surface area contributed by atoms with Gasteiger partial charge in [-0.15, -0.1) is 11.3 Å². The lowest BCUT2D eigenvalue weighted by Crippen LogP contribution is -2.26. The van der Waals surface area contributed by atoms with E-state index in [0.29, 0.717) is 0 Å². The molecule has 1 aromatic heterocycles. The Bertz CT molecular complexity index is 649. The first kappa shape index (κ1) is 14.0. The normalized spacial score (nSPS) is 11.9. The Morgan fingerprint density at radius 1 is 1.37 bits per heavy atom. The molecule has 2 aromatic rings. The zero-order valence-electron chi connectivity index (χ0n) is 10.2. The van der Waals surface area contributed by atoms with E-state index >= 15 is 0 Å². The van der Waals surface area contributed by atoms with Crippen LogP contribution in [0.15, 0.2) is 40.6 Å². The summed E-state index contributed by atoms with van der Waals surface area (Å²) in [5, 5.41) is 1.87. The Hall–Kier alpha value is -1.44. The van der Waals surface area contributed by atoms with Crippen LogP contribution >= 0.6 is 11.3 Å². The molecule has 1 aromatic carbocycles. The zero-order chi connectivity index (χ0) is 14.0. The van der Waals surface area contributed by atoms with E-state index in [1.54, 1.807) is 0 Å². The third-order valence-electron chi connectivity index (χ3n) is 2.56. The predicted octanol–water partition coefficient (Wildman–Crippen LogP) is 2.29. The van der Waals surface area contributed by atoms with Crippen LogP contribution in [0.4, 0.5) is 10.1 Å². The Balaban J connectivity index is 2.31. The zero-order valence-corrected chi connectivity index (χ0v) is 11.8. The van der Waals surface area contributed by atoms with Crippen molar-refractivity contribution in [3.63, 3.8) is 0 Å². The second-order valence-electron chi connectivity index (χ2n) is 4.06. The number of thiophene rings is 1. The number of nitrogens with zero attached hydrogens (tertiary/aromatic N) is 1. The third kappa shape index (κ3) is 3.12. The molecule has 1 heterocycles. The van der Waals surface area contributed by atoms with E-state index in [9.17, 15) is 12.8 Å². The molecule has 0 amide bonds. The van der Waals surface area contributed by atoms with Gasteiger partial charge < -0.3 is 5.73 Å². The van der Waals surface area contributed by atoms with E-state index in [-0.39, 0.29) is 17.1 Å². The minimum atomic E-state index is -3.74. The Labute approximate surface area is 115 Å². The molecule has 0 saturated carbocycles. The highest BCUT2D eigenvalue weighted by Gasteiger charge is 2.22. The third-order valence-corrected chi connectivity index (χ3v) is 5.20. The van der Waals surface area contributed by atoms with Gasteiger partial charge >= 0.3 is 0 Å². The largest absolute Gasteiger partial charge is 0.399 e. The SMILES string of the molecule is CN(Cc1cccs1)S(=O)(=O)c1cc(N)cc(F)c1. The maximum atomic E-state index is 13.2. The minimum absolute atomic E-state index is 0.0862. The molecule has 0 radical (unpaired) electrons. The number of rotatable bonds is 4. The van der Waals surface area contributed by atoms with Crippen molar-refractivity contribution in [2.45, 2.75) is 11.4 Å². The summed E-state index contributed by atoms with van der Waals surface area (Å²) in [6, 6.07) is 7.00. The monoisotopic (exact) mass is 300 g/mol. The van der Waals surface area contributed by atoms with Crippen LogP contribution in [0.1, 0.15) is 4.88 Å². The van der Waals surface area contributed by atoms with Gasteiger partial charge in [0.25, 0.3) is 0 Å². The first-order valence-electron chi connectivity index (χ1n) is 5.44. The molecule has 2 N–H and O–H groups in total. The van der Waals surface area contributed by atoms with Crippen LogP contribution < -0.4 is 5.73 Å². The molecule has 0 bridgehead atoms. The van der Waals surface area contributed by atoms with E-state index in [4.69, 9.17) is 5.73 Å². The van der Waals surface area contributed by atoms with Crippen LogP contribution in [0, 0.1) is 5.82 Å². The van der Waals surface area contributed by atoms with E-state index in [1.165, 1.54) is 28.8 Å². The summed E-state index contributed by atoms with van der Waals surface area (Å²) in [7, 11) is -2.29. The molecule has 0 fully saturated rings. The van der Waals surface area contributed by atoms with Gasteiger partial charge in [-0.3, -0.25) is 0 Å². The summed E-state index contributed by atoms with van der Waals surface area (Å²) in [5.41, 5.74) is 5.56. The van der Waals surface area contributed by atoms with Crippen molar-refractivity contribution in [2.24, 2.45) is 0 Å². The van der Waals surface area contributed by atoms with Crippen LogP contribution in [0.3, 0.4) is 0 Å². The van der Waals surface area contributed by atoms with Gasteiger partial charge in [-0.1, -0.05) is 6.07 Å². The van der Waals surface area contributed by atoms with Crippen molar-refractivity contribution < 1.29 is 12.8 Å². The van der Waals surface area contributed by atoms with Crippen LogP contribution in [0.25, 0.3) is 0 Å². The number of nitrogens with two attached hydrogens (primary N) is 1. The lowest BCUT2D eigenvalue weighted by molar-refractivity contribution is 0.469. The Kier molecular flexibility index (Phi) is 3.88. The van der Waals surface area contributed by atoms with E-state index < -0.39 is 15.8 Å². The molecule has 0 unspecified atom stereocenters. The fourth-order valence-electron chi connectivity index (χ4n) is 1.62. The van der Waals surface area contributed by atoms with Gasteiger partial charge in [0.05, 0.1) is 4.90 Å². The Morgan fingerprint density at radius 3 is 2.68 bits per heavy atom. The van der Waals surface area contributed by atoms with Crippen LogP contribution in [0.2, 0.25) is 0 Å². The van der Waals surface area contributed by atoms with E-state index in [0.717, 1.165) is 17.0 Å². The van der Waals surface area contributed by atoms with Gasteiger partial charge in [-0.2, -0.15) is 4.31 Å². The van der Waals surface area contributed by atoms with E-state index in [1.807, 2.05) is 17.5 Å². The number of anilines is 1. The number of nitrogen functional groups attached to an aromatic ring is 1. The average molecular weight is 300 g/mol. The van der Waals surface area contributed by atoms with Gasteiger partial charge in [0.2, 0.25) is 10.0 Å². The maximum absolute atomic E-state index is 13.2. The Morgan fingerprint density at radius 2 is 2.11 bits per heavy atom. The van der Waals surface area contributed by atoms with Crippen LogP contribution in [-0.4, -0.2) is 19.8 Å². The van der Waals surface area contributed by atoms with Crippen LogP contribution in [-0.2, 0) is 16.6 Å². The summed E-state index contributed by atoms with van der Waals surface area (Å²) in [4.78, 5) is 0.777. The van der Waals surface area contributed by atoms with Gasteiger partial charge in [0.15, 0.2) is 0 Å². The lowest BCUT2D eigenvalue weighted by atomic mass is 10.3. The molecule has 102 valence electrons. The van der Waals surface area contributed by atoms with E-state index in [2.05, 4.69) is 0 Å². The average Bonchev–Trinajstić information content (AvgIpc) is 2.80. The first-order valence-corrected chi connectivity index (χ1v) is 7.76. The molecular formula is C12H13FN2O2S2. The summed E-state index contributed by atoms with van der Waals surface area (Å²) >= 11 is 1.46. The van der Waals surface area contributed by atoms with Crippen molar-refractivity contribution >= 4 is 27.0 Å². The highest BCUT2D eigenvalue weighted by atomic mass is 32.2. The predicted molar refractivity (Wildman–Crippen MR) is 73.8 cm³/mol. The number of sulfonamides is 1. The molecule has 2 rings (SSSR count). The second-order valence-corrected chi connectivity index (χ2v) is 7.14. The molecular weight excluding hydrogens is 287 g/mol. The smallest absolute Gasteiger partial charge is 0.243 e. The standard InChI is InChI=1S/C12H13FN2O2S2/c1-15(8-11-3-2-4-18-11)19(16,17)12-6-9(13)5-10(14)7-12/h2-7H,8,14H2,1H3. The van der Waals surface area contributed by atoms with Crippen molar-refractivity contribution in [1.29, 1.82) is 0 Å². The summed E-state index contributed by atoms with van der Waals surface area (Å²) < 4.78 is 39.0. The summed E-state index contributed by atoms with van der Waals surface area (Å²) in [6.07, 6.45) is 0. The van der Waals surface area contributed by atoms with Gasteiger partial charge in [-0.05, 0) is 29.6 Å². The molecule has 0 atom stereocenters. The number of hydrogen-bond donors (Lipinski definition) is 1. The highest BCUT2D eigenvalue weighted by Crippen LogP contribution is 2.21. The minimum Gasteiger partial charge on any atom is -0.399 e. The van der Waals surface area contributed by atoms with Crippen molar-refractivity contribution in [2.75, 3.05) is 12.8 Å². The molecule has 7 heteroatoms. The molecule has 0 saturated heterocycles. The molecule has 0 spiro atoms. The first-order chi connectivity index (χ1) is 8.89. The fourth-order valence-corrected chi connectivity index (χ4v) is 3.67. The van der Waals surface area contributed by atoms with Gasteiger partial charge in [0.1, 0.15) is 5.82 Å². The lowest BCUT2D eigenvalue weighted by Gasteiger charge is -2.16. The molecule has 0 aliphatic carbocycles. The fraction of sp³-hybridized carbons (Fsp3) is 0.167. The quantitative estimate of drug-likeness (QED) is 0.881. The van der Waals surface area contributed by atoms with Gasteiger partial charge in [-0.25, -0.2) is 12.8 Å². The number of hydrogen-bond acceptors (Lipinski definition) is 4. The summed E-state index contributed by atoms with van der Waals surface area (Å²) in [6.45, 7) is 0.246. The topological polar surface area (TPSA) is 63.4 Å². The highest BCUT2D eigenvalue weighted by molar-refractivity contribution is 7.89. The molecule has 4 nitrogen and oxygen atoms in total. The molecule has 0 aliphatic heterocycles. The summed E-state index contributed by atoms with van der Waals surface area (Å²) in [5.74, 6) is -0.664. The van der Waals surface area contributed by atoms with Crippen molar-refractivity contribution in [3.8, 4) is 0 Å². The van der Waals surface area contributed by atoms with Crippen LogP contribution in [0.5, 0.6) is 0 Å². The number of halogens is 1. The molecule has 19 heavy (non-hydrogen) atoms. The number of benzene rings is 1. The molecule has 0 aliphatic rings.